The molecule has 0 saturated heterocycles. The first-order chi connectivity index (χ1) is 12.5. The Balaban J connectivity index is 1.90. The van der Waals surface area contributed by atoms with E-state index < -0.39 is 0 Å². The van der Waals surface area contributed by atoms with Crippen LogP contribution in [0.15, 0.2) is 42.7 Å². The molecule has 0 spiro atoms. The maximum absolute atomic E-state index is 14.2. The minimum atomic E-state index is -0.351. The van der Waals surface area contributed by atoms with Crippen LogP contribution in [0, 0.1) is 5.82 Å². The molecule has 6 heteroatoms. The lowest BCUT2D eigenvalue weighted by molar-refractivity contribution is 0.230. The second-order valence-electron chi connectivity index (χ2n) is 6.30. The lowest BCUT2D eigenvalue weighted by atomic mass is 10.1. The maximum Gasteiger partial charge on any atom is 0.161 e. The summed E-state index contributed by atoms with van der Waals surface area (Å²) in [6, 6.07) is 10.4. The van der Waals surface area contributed by atoms with Gasteiger partial charge in [0.05, 0.1) is 30.2 Å². The lowest BCUT2D eigenvalue weighted by Crippen LogP contribution is -2.10. The van der Waals surface area contributed by atoms with Crippen molar-refractivity contribution in [3.05, 3.63) is 54.1 Å². The van der Waals surface area contributed by atoms with E-state index in [1.807, 2.05) is 39.0 Å². The van der Waals surface area contributed by atoms with Crippen molar-refractivity contribution in [1.82, 2.24) is 9.97 Å². The zero-order valence-electron chi connectivity index (χ0n) is 15.3. The van der Waals surface area contributed by atoms with Crippen LogP contribution in [0.2, 0.25) is 0 Å². The summed E-state index contributed by atoms with van der Waals surface area (Å²) in [6.45, 7) is 5.91. The van der Waals surface area contributed by atoms with Gasteiger partial charge >= 0.3 is 0 Å². The molecular weight excluding hydrogens is 333 g/mol. The second kappa shape index (κ2) is 7.56. The summed E-state index contributed by atoms with van der Waals surface area (Å²) in [5.41, 5.74) is 1.54. The first-order valence-corrected chi connectivity index (χ1v) is 8.50. The number of nitrogens with zero attached hydrogens (tertiary/aromatic N) is 2. The van der Waals surface area contributed by atoms with Crippen molar-refractivity contribution in [3.8, 4) is 11.5 Å². The molecule has 3 rings (SSSR count). The summed E-state index contributed by atoms with van der Waals surface area (Å²) >= 11 is 0. The van der Waals surface area contributed by atoms with Gasteiger partial charge in [-0.05, 0) is 50.6 Å². The predicted molar refractivity (Wildman–Crippen MR) is 100 cm³/mol. The molecule has 1 heterocycles. The summed E-state index contributed by atoms with van der Waals surface area (Å²) in [5.74, 6) is 1.46. The number of halogens is 1. The predicted octanol–water partition coefficient (Wildman–Crippen LogP) is 4.74. The van der Waals surface area contributed by atoms with Gasteiger partial charge in [-0.2, -0.15) is 0 Å². The molecule has 0 fully saturated rings. The molecule has 26 heavy (non-hydrogen) atoms. The van der Waals surface area contributed by atoms with Crippen LogP contribution in [0.5, 0.6) is 11.5 Å². The summed E-state index contributed by atoms with van der Waals surface area (Å²) < 4.78 is 25.4. The van der Waals surface area contributed by atoms with Gasteiger partial charge in [-0.25, -0.2) is 14.4 Å². The second-order valence-corrected chi connectivity index (χ2v) is 6.30. The molecule has 1 unspecified atom stereocenters. The highest BCUT2D eigenvalue weighted by molar-refractivity contribution is 5.89. The Labute approximate surface area is 152 Å². The molecule has 0 radical (unpaired) electrons. The monoisotopic (exact) mass is 355 g/mol. The third-order valence-electron chi connectivity index (χ3n) is 4.02. The van der Waals surface area contributed by atoms with E-state index in [-0.39, 0.29) is 18.0 Å². The minimum Gasteiger partial charge on any atom is -0.493 e. The number of aromatic nitrogens is 2. The third kappa shape index (κ3) is 3.69. The molecule has 0 aliphatic heterocycles. The first-order valence-electron chi connectivity index (χ1n) is 8.50. The Morgan fingerprint density at radius 3 is 2.58 bits per heavy atom. The molecule has 1 atom stereocenters. The van der Waals surface area contributed by atoms with Crippen LogP contribution in [0.3, 0.4) is 0 Å². The fourth-order valence-corrected chi connectivity index (χ4v) is 2.77. The highest BCUT2D eigenvalue weighted by Gasteiger charge is 2.15. The highest BCUT2D eigenvalue weighted by Crippen LogP contribution is 2.33. The van der Waals surface area contributed by atoms with Crippen LogP contribution in [0.4, 0.5) is 10.2 Å². The van der Waals surface area contributed by atoms with E-state index in [2.05, 4.69) is 15.3 Å². The van der Waals surface area contributed by atoms with Crippen LogP contribution in [0.25, 0.3) is 10.9 Å². The number of methoxy groups -OCH3 is 1. The van der Waals surface area contributed by atoms with Crippen molar-refractivity contribution in [2.24, 2.45) is 0 Å². The van der Waals surface area contributed by atoms with E-state index >= 15 is 0 Å². The number of nitrogens with one attached hydrogen (secondary N) is 1. The van der Waals surface area contributed by atoms with E-state index in [9.17, 15) is 4.39 Å². The van der Waals surface area contributed by atoms with Crippen molar-refractivity contribution in [1.29, 1.82) is 0 Å². The van der Waals surface area contributed by atoms with E-state index in [1.165, 1.54) is 12.4 Å². The van der Waals surface area contributed by atoms with E-state index in [4.69, 9.17) is 9.47 Å². The summed E-state index contributed by atoms with van der Waals surface area (Å²) in [7, 11) is 1.61. The van der Waals surface area contributed by atoms with Crippen LogP contribution in [-0.2, 0) is 0 Å². The number of benzene rings is 2. The van der Waals surface area contributed by atoms with Gasteiger partial charge in [-0.1, -0.05) is 12.1 Å². The standard InChI is InChI=1S/C20H22FN3O2/c1-12(2)26-17-9-8-14(10-18(17)25-4)13(3)24-20-19-15(21)6-5-7-16(19)22-11-23-20/h5-13H,1-4H3,(H,22,23,24). The number of ether oxygens (including phenoxy) is 2. The van der Waals surface area contributed by atoms with Crippen LogP contribution < -0.4 is 14.8 Å². The van der Waals surface area contributed by atoms with Crippen molar-refractivity contribution in [2.45, 2.75) is 32.9 Å². The zero-order valence-corrected chi connectivity index (χ0v) is 15.3. The molecule has 0 aliphatic carbocycles. The summed E-state index contributed by atoms with van der Waals surface area (Å²) in [6.07, 6.45) is 1.48. The lowest BCUT2D eigenvalue weighted by Gasteiger charge is -2.19. The topological polar surface area (TPSA) is 56.3 Å². The smallest absolute Gasteiger partial charge is 0.161 e. The largest absolute Gasteiger partial charge is 0.493 e. The third-order valence-corrected chi connectivity index (χ3v) is 4.02. The molecule has 5 nitrogen and oxygen atoms in total. The number of rotatable bonds is 6. The molecule has 0 saturated carbocycles. The maximum atomic E-state index is 14.2. The van der Waals surface area contributed by atoms with Crippen molar-refractivity contribution < 1.29 is 13.9 Å². The average molecular weight is 355 g/mol. The van der Waals surface area contributed by atoms with E-state index in [0.717, 1.165) is 5.56 Å². The Hall–Kier alpha value is -2.89. The van der Waals surface area contributed by atoms with Crippen LogP contribution >= 0.6 is 0 Å². The Bertz CT molecular complexity index is 909. The molecule has 0 aliphatic rings. The molecule has 2 aromatic carbocycles. The van der Waals surface area contributed by atoms with Gasteiger partial charge in [0, 0.05) is 0 Å². The van der Waals surface area contributed by atoms with Gasteiger partial charge in [0.2, 0.25) is 0 Å². The summed E-state index contributed by atoms with van der Waals surface area (Å²) in [5, 5.41) is 3.65. The Morgan fingerprint density at radius 1 is 1.04 bits per heavy atom. The van der Waals surface area contributed by atoms with Gasteiger partial charge < -0.3 is 14.8 Å². The fourth-order valence-electron chi connectivity index (χ4n) is 2.77. The zero-order chi connectivity index (χ0) is 18.7. The average Bonchev–Trinajstić information content (AvgIpc) is 2.61. The van der Waals surface area contributed by atoms with Gasteiger partial charge in [0.15, 0.2) is 11.5 Å². The first kappa shape index (κ1) is 17.9. The normalized spacial score (nSPS) is 12.2. The van der Waals surface area contributed by atoms with Crippen molar-refractivity contribution in [3.63, 3.8) is 0 Å². The number of hydrogen-bond donors (Lipinski definition) is 1. The van der Waals surface area contributed by atoms with E-state index in [1.54, 1.807) is 19.2 Å². The Kier molecular flexibility index (Phi) is 5.21. The quantitative estimate of drug-likeness (QED) is 0.692. The fraction of sp³-hybridized carbons (Fsp3) is 0.300. The minimum absolute atomic E-state index is 0.0562. The van der Waals surface area contributed by atoms with Gasteiger partial charge in [-0.15, -0.1) is 0 Å². The number of hydrogen-bond acceptors (Lipinski definition) is 5. The molecule has 3 aromatic rings. The molecule has 0 amide bonds. The van der Waals surface area contributed by atoms with Gasteiger partial charge in [0.25, 0.3) is 0 Å². The number of anilines is 1. The van der Waals surface area contributed by atoms with Crippen LogP contribution in [0.1, 0.15) is 32.4 Å². The van der Waals surface area contributed by atoms with Crippen LogP contribution in [-0.4, -0.2) is 23.2 Å². The molecule has 136 valence electrons. The molecule has 1 aromatic heterocycles. The highest BCUT2D eigenvalue weighted by atomic mass is 19.1. The van der Waals surface area contributed by atoms with E-state index in [0.29, 0.717) is 28.2 Å². The summed E-state index contributed by atoms with van der Waals surface area (Å²) in [4.78, 5) is 8.34. The van der Waals surface area contributed by atoms with Gasteiger partial charge in [-0.3, -0.25) is 0 Å². The number of fused-ring (bicyclic) bond motifs is 1. The Morgan fingerprint density at radius 2 is 1.85 bits per heavy atom. The van der Waals surface area contributed by atoms with Crippen molar-refractivity contribution in [2.75, 3.05) is 12.4 Å². The SMILES string of the molecule is COc1cc(C(C)Nc2ncnc3cccc(F)c23)ccc1OC(C)C. The van der Waals surface area contributed by atoms with Gasteiger partial charge in [0.1, 0.15) is 18.0 Å². The molecule has 0 bridgehead atoms. The molecular formula is C20H22FN3O2. The molecule has 1 N–H and O–H groups in total. The van der Waals surface area contributed by atoms with Crippen molar-refractivity contribution >= 4 is 16.7 Å².